The summed E-state index contributed by atoms with van der Waals surface area (Å²) < 4.78 is 12.2. The average molecular weight is 307 g/mol. The predicted molar refractivity (Wildman–Crippen MR) is 82.2 cm³/mol. The molecule has 1 atom stereocenters. The van der Waals surface area contributed by atoms with E-state index in [2.05, 4.69) is 10.4 Å². The molecule has 0 spiro atoms. The van der Waals surface area contributed by atoms with Crippen molar-refractivity contribution in [3.8, 4) is 5.75 Å². The van der Waals surface area contributed by atoms with Crippen LogP contribution in [-0.4, -0.2) is 33.5 Å². The number of hydrogen-bond acceptors (Lipinski definition) is 5. The van der Waals surface area contributed by atoms with Crippen molar-refractivity contribution in [3.05, 3.63) is 24.0 Å². The topological polar surface area (TPSA) is 85.1 Å². The van der Waals surface area contributed by atoms with Crippen LogP contribution in [-0.2, 0) is 4.74 Å². The highest BCUT2D eigenvalue weighted by Gasteiger charge is 2.21. The molecule has 2 N–H and O–H groups in total. The monoisotopic (exact) mass is 307 g/mol. The fourth-order valence-electron chi connectivity index (χ4n) is 2.10. The lowest BCUT2D eigenvalue weighted by Gasteiger charge is -2.20. The van der Waals surface area contributed by atoms with Gasteiger partial charge in [0, 0.05) is 11.8 Å². The summed E-state index contributed by atoms with van der Waals surface area (Å²) in [6.45, 7) is 7.00. The molecule has 7 nitrogen and oxygen atoms in total. The van der Waals surface area contributed by atoms with Gasteiger partial charge in [-0.15, -0.1) is 0 Å². The smallest absolute Gasteiger partial charge is 0.412 e. The number of nitrogens with one attached hydrogen (secondary N) is 1. The number of pyridine rings is 1. The van der Waals surface area contributed by atoms with Crippen LogP contribution in [0.3, 0.4) is 0 Å². The first-order chi connectivity index (χ1) is 10.2. The van der Waals surface area contributed by atoms with Gasteiger partial charge in [-0.1, -0.05) is 0 Å². The van der Waals surface area contributed by atoms with E-state index in [1.165, 1.54) is 7.11 Å². The molecular formula is C15H21N3O4. The number of anilines is 1. The first-order valence-electron chi connectivity index (χ1n) is 6.95. The van der Waals surface area contributed by atoms with Crippen LogP contribution in [0.2, 0.25) is 0 Å². The molecule has 2 aromatic rings. The Kier molecular flexibility index (Phi) is 4.27. The number of rotatable bonds is 3. The molecule has 0 aliphatic carbocycles. The van der Waals surface area contributed by atoms with E-state index in [1.54, 1.807) is 50.7 Å². The lowest BCUT2D eigenvalue weighted by Crippen LogP contribution is -2.27. The summed E-state index contributed by atoms with van der Waals surface area (Å²) in [5.74, 6) is 0.418. The summed E-state index contributed by atoms with van der Waals surface area (Å²) >= 11 is 0. The lowest BCUT2D eigenvalue weighted by molar-refractivity contribution is 0.0635. The Bertz CT molecular complexity index is 686. The van der Waals surface area contributed by atoms with Gasteiger partial charge < -0.3 is 14.6 Å². The number of nitrogens with zero attached hydrogens (tertiary/aromatic N) is 2. The highest BCUT2D eigenvalue weighted by atomic mass is 16.6. The van der Waals surface area contributed by atoms with E-state index in [9.17, 15) is 9.90 Å². The number of methoxy groups -OCH3 is 1. The highest BCUT2D eigenvalue weighted by Crippen LogP contribution is 2.34. The quantitative estimate of drug-likeness (QED) is 0.910. The van der Waals surface area contributed by atoms with Crippen molar-refractivity contribution in [1.82, 2.24) is 9.61 Å². The van der Waals surface area contributed by atoms with Gasteiger partial charge in [-0.25, -0.2) is 9.31 Å². The Morgan fingerprint density at radius 1 is 1.45 bits per heavy atom. The van der Waals surface area contributed by atoms with Crippen molar-refractivity contribution in [2.75, 3.05) is 12.4 Å². The third-order valence-corrected chi connectivity index (χ3v) is 2.96. The number of carbonyl (C=O) groups is 1. The van der Waals surface area contributed by atoms with Crippen LogP contribution < -0.4 is 10.1 Å². The molecule has 2 rings (SSSR count). The van der Waals surface area contributed by atoms with Gasteiger partial charge in [-0.3, -0.25) is 5.32 Å². The summed E-state index contributed by atoms with van der Waals surface area (Å²) in [5, 5.41) is 16.7. The molecule has 2 heterocycles. The standard InChI is InChI=1S/C15H21N3O4/c1-9(19)10-8-16-18-7-6-11(13(21-5)12(10)18)17-14(20)22-15(2,3)4/h6-9,19H,1-5H3,(H,17,20). The molecule has 22 heavy (non-hydrogen) atoms. The summed E-state index contributed by atoms with van der Waals surface area (Å²) in [6.07, 6.45) is 1.97. The van der Waals surface area contributed by atoms with E-state index in [0.29, 0.717) is 22.5 Å². The van der Waals surface area contributed by atoms with Gasteiger partial charge in [0.1, 0.15) is 11.1 Å². The second-order valence-corrected chi connectivity index (χ2v) is 5.96. The van der Waals surface area contributed by atoms with Crippen LogP contribution in [0.5, 0.6) is 5.75 Å². The van der Waals surface area contributed by atoms with Crippen molar-refractivity contribution in [3.63, 3.8) is 0 Å². The Labute approximate surface area is 128 Å². The molecule has 7 heteroatoms. The Morgan fingerprint density at radius 2 is 2.14 bits per heavy atom. The molecule has 0 radical (unpaired) electrons. The number of aliphatic hydroxyl groups is 1. The van der Waals surface area contributed by atoms with Crippen molar-refractivity contribution < 1.29 is 19.4 Å². The average Bonchev–Trinajstić information content (AvgIpc) is 2.80. The van der Waals surface area contributed by atoms with Gasteiger partial charge in [-0.05, 0) is 33.8 Å². The number of aliphatic hydroxyl groups excluding tert-OH is 1. The maximum Gasteiger partial charge on any atom is 0.412 e. The van der Waals surface area contributed by atoms with Gasteiger partial charge in [-0.2, -0.15) is 5.10 Å². The predicted octanol–water partition coefficient (Wildman–Crippen LogP) is 2.74. The van der Waals surface area contributed by atoms with E-state index >= 15 is 0 Å². The molecule has 0 saturated heterocycles. The summed E-state index contributed by atoms with van der Waals surface area (Å²) in [6, 6.07) is 1.66. The van der Waals surface area contributed by atoms with Gasteiger partial charge >= 0.3 is 6.09 Å². The van der Waals surface area contributed by atoms with Crippen LogP contribution in [0.15, 0.2) is 18.5 Å². The third kappa shape index (κ3) is 3.30. The minimum absolute atomic E-state index is 0.418. The van der Waals surface area contributed by atoms with Crippen molar-refractivity contribution in [2.24, 2.45) is 0 Å². The zero-order chi connectivity index (χ0) is 16.5. The lowest BCUT2D eigenvalue weighted by atomic mass is 10.1. The van der Waals surface area contributed by atoms with E-state index in [4.69, 9.17) is 9.47 Å². The van der Waals surface area contributed by atoms with Crippen molar-refractivity contribution in [2.45, 2.75) is 39.4 Å². The molecule has 1 unspecified atom stereocenters. The Morgan fingerprint density at radius 3 is 2.68 bits per heavy atom. The molecule has 0 aliphatic rings. The van der Waals surface area contributed by atoms with Crippen LogP contribution in [0.25, 0.3) is 5.52 Å². The van der Waals surface area contributed by atoms with Crippen LogP contribution in [0.1, 0.15) is 39.4 Å². The van der Waals surface area contributed by atoms with Gasteiger partial charge in [0.05, 0.1) is 25.1 Å². The number of hydrogen-bond donors (Lipinski definition) is 2. The largest absolute Gasteiger partial charge is 0.492 e. The molecule has 0 saturated carbocycles. The van der Waals surface area contributed by atoms with Gasteiger partial charge in [0.15, 0.2) is 5.75 Å². The van der Waals surface area contributed by atoms with E-state index in [1.807, 2.05) is 0 Å². The van der Waals surface area contributed by atoms with E-state index in [-0.39, 0.29) is 0 Å². The zero-order valence-electron chi connectivity index (χ0n) is 13.4. The van der Waals surface area contributed by atoms with E-state index in [0.717, 1.165) is 0 Å². The maximum atomic E-state index is 11.9. The molecule has 0 fully saturated rings. The Balaban J connectivity index is 2.42. The molecule has 0 bridgehead atoms. The fourth-order valence-corrected chi connectivity index (χ4v) is 2.10. The highest BCUT2D eigenvalue weighted by molar-refractivity contribution is 5.90. The number of aromatic nitrogens is 2. The van der Waals surface area contributed by atoms with Gasteiger partial charge in [0.25, 0.3) is 0 Å². The molecule has 0 aromatic carbocycles. The molecule has 2 aromatic heterocycles. The van der Waals surface area contributed by atoms with E-state index < -0.39 is 17.8 Å². The second-order valence-electron chi connectivity index (χ2n) is 5.96. The van der Waals surface area contributed by atoms with Crippen molar-refractivity contribution >= 4 is 17.3 Å². The Hall–Kier alpha value is -2.28. The summed E-state index contributed by atoms with van der Waals surface area (Å²) in [4.78, 5) is 11.9. The van der Waals surface area contributed by atoms with Crippen LogP contribution in [0.4, 0.5) is 10.5 Å². The number of amides is 1. The van der Waals surface area contributed by atoms with Crippen molar-refractivity contribution in [1.29, 1.82) is 0 Å². The number of fused-ring (bicyclic) bond motifs is 1. The second kappa shape index (κ2) is 5.84. The normalized spacial score (nSPS) is 13.0. The minimum atomic E-state index is -0.705. The fraction of sp³-hybridized carbons (Fsp3) is 0.467. The number of ether oxygens (including phenoxy) is 2. The third-order valence-electron chi connectivity index (χ3n) is 2.96. The molecular weight excluding hydrogens is 286 g/mol. The minimum Gasteiger partial charge on any atom is -0.492 e. The molecule has 0 aliphatic heterocycles. The molecule has 120 valence electrons. The summed E-state index contributed by atoms with van der Waals surface area (Å²) in [5.41, 5.74) is 1.07. The maximum absolute atomic E-state index is 11.9. The first kappa shape index (κ1) is 16.1. The zero-order valence-corrected chi connectivity index (χ0v) is 13.4. The van der Waals surface area contributed by atoms with Crippen LogP contribution >= 0.6 is 0 Å². The number of carbonyl (C=O) groups excluding carboxylic acids is 1. The first-order valence-corrected chi connectivity index (χ1v) is 6.95. The summed E-state index contributed by atoms with van der Waals surface area (Å²) in [7, 11) is 1.49. The van der Waals surface area contributed by atoms with Crippen LogP contribution in [0, 0.1) is 0 Å². The van der Waals surface area contributed by atoms with Gasteiger partial charge in [0.2, 0.25) is 0 Å². The SMILES string of the molecule is COc1c(NC(=O)OC(C)(C)C)ccn2ncc(C(C)O)c12. The molecule has 1 amide bonds.